The van der Waals surface area contributed by atoms with Crippen molar-refractivity contribution >= 4 is 17.4 Å². The lowest BCUT2D eigenvalue weighted by Gasteiger charge is -2.22. The molecule has 5 nitrogen and oxygen atoms in total. The quantitative estimate of drug-likeness (QED) is 0.445. The fourth-order valence-corrected chi connectivity index (χ4v) is 5.25. The van der Waals surface area contributed by atoms with E-state index in [0.29, 0.717) is 29.7 Å². The first-order chi connectivity index (χ1) is 15.0. The molecule has 160 valence electrons. The monoisotopic (exact) mass is 420 g/mol. The lowest BCUT2D eigenvalue weighted by Crippen LogP contribution is -2.26. The second-order valence-electron chi connectivity index (χ2n) is 8.70. The molecule has 2 aromatic heterocycles. The molecule has 0 fully saturated rings. The van der Waals surface area contributed by atoms with Crippen LogP contribution in [-0.4, -0.2) is 16.0 Å². The van der Waals surface area contributed by atoms with Crippen LogP contribution < -0.4 is 5.56 Å². The summed E-state index contributed by atoms with van der Waals surface area (Å²) in [5, 5.41) is 1.07. The number of aromatic nitrogens is 2. The molecule has 6 heteroatoms. The van der Waals surface area contributed by atoms with Gasteiger partial charge in [0.1, 0.15) is 12.4 Å². The molecular weight excluding hydrogens is 395 g/mol. The van der Waals surface area contributed by atoms with Gasteiger partial charge in [0.05, 0.1) is 29.0 Å². The Balaban J connectivity index is 1.80. The minimum atomic E-state index is -0.222. The van der Waals surface area contributed by atoms with Gasteiger partial charge < -0.3 is 9.30 Å². The predicted octanol–water partition coefficient (Wildman–Crippen LogP) is 4.55. The van der Waals surface area contributed by atoms with E-state index in [1.54, 1.807) is 4.57 Å². The highest BCUT2D eigenvalue weighted by Crippen LogP contribution is 2.41. The molecule has 3 heterocycles. The molecule has 3 aromatic rings. The largest absolute Gasteiger partial charge is 0.463 e. The van der Waals surface area contributed by atoms with Gasteiger partial charge in [-0.15, -0.1) is 0 Å². The molecule has 1 atom stereocenters. The fourth-order valence-electron chi connectivity index (χ4n) is 5.25. The Morgan fingerprint density at radius 1 is 1.26 bits per heavy atom. The minimum Gasteiger partial charge on any atom is -0.463 e. The molecule has 0 amide bonds. The molecule has 0 radical (unpaired) electrons. The SMILES string of the molecule is CCC(C)c1cc2n(c(=O)c1COC=O)Cc1c-2nc2cc(F)c(C)c3c2c1CCC3. The summed E-state index contributed by atoms with van der Waals surface area (Å²) in [6, 6.07) is 3.55. The molecule has 0 spiro atoms. The molecule has 0 N–H and O–H groups in total. The van der Waals surface area contributed by atoms with Gasteiger partial charge >= 0.3 is 0 Å². The zero-order valence-corrected chi connectivity index (χ0v) is 18.0. The Labute approximate surface area is 179 Å². The van der Waals surface area contributed by atoms with Crippen LogP contribution in [0.2, 0.25) is 0 Å². The standard InChI is InChI=1S/C25H25FN2O3/c1-4-13(2)17-8-22-24-18(10-28(22)25(30)19(17)11-31-12-29)16-7-5-6-15-14(3)20(26)9-21(27-24)23(15)16/h8-9,12-13H,4-7,10-11H2,1-3H3. The van der Waals surface area contributed by atoms with Crippen molar-refractivity contribution < 1.29 is 13.9 Å². The van der Waals surface area contributed by atoms with Crippen molar-refractivity contribution in [2.45, 2.75) is 65.5 Å². The number of benzene rings is 1. The molecule has 5 rings (SSSR count). The summed E-state index contributed by atoms with van der Waals surface area (Å²) < 4.78 is 21.3. The predicted molar refractivity (Wildman–Crippen MR) is 117 cm³/mol. The average molecular weight is 420 g/mol. The molecular formula is C25H25FN2O3. The zero-order valence-electron chi connectivity index (χ0n) is 18.0. The maximum absolute atomic E-state index is 14.6. The first-order valence-corrected chi connectivity index (χ1v) is 10.9. The molecule has 0 bridgehead atoms. The Morgan fingerprint density at radius 2 is 2.03 bits per heavy atom. The van der Waals surface area contributed by atoms with Gasteiger partial charge in [-0.05, 0) is 66.8 Å². The topological polar surface area (TPSA) is 61.2 Å². The number of hydrogen-bond acceptors (Lipinski definition) is 4. The van der Waals surface area contributed by atoms with Crippen molar-refractivity contribution in [2.75, 3.05) is 0 Å². The summed E-state index contributed by atoms with van der Waals surface area (Å²) in [5.74, 6) is -0.0850. The Morgan fingerprint density at radius 3 is 2.77 bits per heavy atom. The molecule has 0 saturated carbocycles. The number of ether oxygens (including phenoxy) is 1. The molecule has 1 aromatic carbocycles. The third-order valence-corrected chi connectivity index (χ3v) is 7.10. The number of fused-ring (bicyclic) bond motifs is 4. The summed E-state index contributed by atoms with van der Waals surface area (Å²) in [4.78, 5) is 29.1. The van der Waals surface area contributed by atoms with Crippen molar-refractivity contribution in [1.29, 1.82) is 0 Å². The van der Waals surface area contributed by atoms with E-state index in [1.165, 1.54) is 11.6 Å². The number of rotatable bonds is 5. The van der Waals surface area contributed by atoms with Crippen LogP contribution in [0.15, 0.2) is 16.9 Å². The second kappa shape index (κ2) is 7.29. The van der Waals surface area contributed by atoms with Crippen molar-refractivity contribution in [2.24, 2.45) is 0 Å². The molecule has 2 aliphatic rings. The lowest BCUT2D eigenvalue weighted by molar-refractivity contribution is -0.129. The van der Waals surface area contributed by atoms with Gasteiger partial charge in [0.2, 0.25) is 0 Å². The molecule has 1 unspecified atom stereocenters. The van der Waals surface area contributed by atoms with Gasteiger partial charge in [0.25, 0.3) is 12.0 Å². The van der Waals surface area contributed by atoms with Crippen molar-refractivity contribution in [1.82, 2.24) is 9.55 Å². The van der Waals surface area contributed by atoms with E-state index < -0.39 is 0 Å². The van der Waals surface area contributed by atoms with Gasteiger partial charge in [-0.25, -0.2) is 9.37 Å². The number of aryl methyl sites for hydroxylation is 2. The van der Waals surface area contributed by atoms with E-state index in [-0.39, 0.29) is 23.9 Å². The highest BCUT2D eigenvalue weighted by atomic mass is 19.1. The van der Waals surface area contributed by atoms with E-state index in [2.05, 4.69) is 13.8 Å². The maximum Gasteiger partial charge on any atom is 0.293 e. The molecule has 1 aliphatic carbocycles. The summed E-state index contributed by atoms with van der Waals surface area (Å²) in [5.41, 5.74) is 7.53. The number of hydrogen-bond donors (Lipinski definition) is 0. The van der Waals surface area contributed by atoms with Crippen LogP contribution >= 0.6 is 0 Å². The molecule has 1 aliphatic heterocycles. The molecule has 31 heavy (non-hydrogen) atoms. The van der Waals surface area contributed by atoms with E-state index in [4.69, 9.17) is 9.72 Å². The number of nitrogens with zero attached hydrogens (tertiary/aromatic N) is 2. The average Bonchev–Trinajstić information content (AvgIpc) is 3.15. The molecule has 0 saturated heterocycles. The third kappa shape index (κ3) is 2.84. The van der Waals surface area contributed by atoms with E-state index >= 15 is 0 Å². The van der Waals surface area contributed by atoms with Gasteiger partial charge in [-0.3, -0.25) is 9.59 Å². The van der Waals surface area contributed by atoms with Crippen LogP contribution in [0.3, 0.4) is 0 Å². The number of carbonyl (C=O) groups excluding carboxylic acids is 1. The lowest BCUT2D eigenvalue weighted by atomic mass is 9.85. The fraction of sp³-hybridized carbons (Fsp3) is 0.400. The van der Waals surface area contributed by atoms with Gasteiger partial charge in [-0.2, -0.15) is 0 Å². The van der Waals surface area contributed by atoms with E-state index in [0.717, 1.165) is 59.1 Å². The van der Waals surface area contributed by atoms with E-state index in [1.807, 2.05) is 13.0 Å². The summed E-state index contributed by atoms with van der Waals surface area (Å²) in [6.07, 6.45) is 3.58. The Bertz CT molecular complexity index is 1310. The van der Waals surface area contributed by atoms with Crippen LogP contribution in [0.5, 0.6) is 0 Å². The van der Waals surface area contributed by atoms with Crippen LogP contribution in [0.25, 0.3) is 22.3 Å². The minimum absolute atomic E-state index is 0.0323. The van der Waals surface area contributed by atoms with Gasteiger partial charge in [0, 0.05) is 17.0 Å². The highest BCUT2D eigenvalue weighted by molar-refractivity contribution is 5.92. The van der Waals surface area contributed by atoms with Gasteiger partial charge in [0.15, 0.2) is 0 Å². The van der Waals surface area contributed by atoms with Crippen LogP contribution in [0.1, 0.15) is 66.0 Å². The first kappa shape index (κ1) is 19.9. The Hall–Kier alpha value is -3.02. The van der Waals surface area contributed by atoms with Crippen molar-refractivity contribution in [3.8, 4) is 11.4 Å². The normalized spacial score (nSPS) is 15.0. The van der Waals surface area contributed by atoms with Crippen LogP contribution in [0, 0.1) is 12.7 Å². The van der Waals surface area contributed by atoms with Crippen molar-refractivity contribution in [3.05, 3.63) is 61.7 Å². The Kier molecular flexibility index (Phi) is 4.68. The second-order valence-corrected chi connectivity index (χ2v) is 8.70. The zero-order chi connectivity index (χ0) is 21.9. The van der Waals surface area contributed by atoms with Crippen molar-refractivity contribution in [3.63, 3.8) is 0 Å². The van der Waals surface area contributed by atoms with Crippen LogP contribution in [0.4, 0.5) is 4.39 Å². The first-order valence-electron chi connectivity index (χ1n) is 10.9. The third-order valence-electron chi connectivity index (χ3n) is 7.10. The van der Waals surface area contributed by atoms with E-state index in [9.17, 15) is 14.0 Å². The number of pyridine rings is 2. The smallest absolute Gasteiger partial charge is 0.293 e. The number of carbonyl (C=O) groups is 1. The summed E-state index contributed by atoms with van der Waals surface area (Å²) >= 11 is 0. The highest BCUT2D eigenvalue weighted by Gasteiger charge is 2.31. The summed E-state index contributed by atoms with van der Waals surface area (Å²) in [6.45, 7) is 6.76. The number of halogens is 1. The van der Waals surface area contributed by atoms with Gasteiger partial charge in [-0.1, -0.05) is 13.8 Å². The summed E-state index contributed by atoms with van der Waals surface area (Å²) in [7, 11) is 0. The maximum atomic E-state index is 14.6. The van der Waals surface area contributed by atoms with Crippen LogP contribution in [-0.2, 0) is 35.5 Å².